The number of benzene rings is 2. The predicted molar refractivity (Wildman–Crippen MR) is 114 cm³/mol. The molecule has 2 N–H and O–H groups in total. The zero-order valence-corrected chi connectivity index (χ0v) is 16.4. The van der Waals surface area contributed by atoms with Gasteiger partial charge in [0.1, 0.15) is 0 Å². The van der Waals surface area contributed by atoms with Gasteiger partial charge in [0.2, 0.25) is 5.91 Å². The Labute approximate surface area is 166 Å². The van der Waals surface area contributed by atoms with Crippen LogP contribution in [0.2, 0.25) is 0 Å². The number of fused-ring (bicyclic) bond motifs is 1. The number of aromatic amines is 1. The monoisotopic (exact) mass is 375 g/mol. The van der Waals surface area contributed by atoms with Crippen LogP contribution in [0, 0.1) is 0 Å². The van der Waals surface area contributed by atoms with E-state index < -0.39 is 0 Å². The Morgan fingerprint density at radius 2 is 1.93 bits per heavy atom. The van der Waals surface area contributed by atoms with Gasteiger partial charge in [-0.1, -0.05) is 48.5 Å². The summed E-state index contributed by atoms with van der Waals surface area (Å²) in [6.45, 7) is 3.20. The summed E-state index contributed by atoms with van der Waals surface area (Å²) >= 11 is 0. The first-order valence-corrected chi connectivity index (χ1v) is 10.4. The molecule has 1 amide bonds. The second-order valence-electron chi connectivity index (χ2n) is 7.83. The van der Waals surface area contributed by atoms with E-state index in [0.717, 1.165) is 38.9 Å². The average Bonchev–Trinajstić information content (AvgIpc) is 3.17. The lowest BCUT2D eigenvalue weighted by molar-refractivity contribution is -0.122. The maximum absolute atomic E-state index is 12.3. The third-order valence-electron chi connectivity index (χ3n) is 5.67. The van der Waals surface area contributed by atoms with Crippen molar-refractivity contribution in [2.24, 2.45) is 0 Å². The fourth-order valence-corrected chi connectivity index (χ4v) is 4.19. The number of likely N-dealkylation sites (tertiary alicyclic amines) is 1. The molecule has 0 saturated carbocycles. The summed E-state index contributed by atoms with van der Waals surface area (Å²) < 4.78 is 0. The third-order valence-corrected chi connectivity index (χ3v) is 5.67. The smallest absolute Gasteiger partial charge is 0.234 e. The van der Waals surface area contributed by atoms with Gasteiger partial charge in [0.15, 0.2) is 0 Å². The summed E-state index contributed by atoms with van der Waals surface area (Å²) in [5.74, 6) is 0.623. The highest BCUT2D eigenvalue weighted by molar-refractivity contribution is 5.80. The number of hydrogen-bond donors (Lipinski definition) is 2. The van der Waals surface area contributed by atoms with Crippen LogP contribution in [0.3, 0.4) is 0 Å². The quantitative estimate of drug-likeness (QED) is 0.611. The van der Waals surface area contributed by atoms with Crippen LogP contribution in [0.5, 0.6) is 0 Å². The van der Waals surface area contributed by atoms with Gasteiger partial charge in [-0.25, -0.2) is 0 Å². The normalized spacial score (nSPS) is 17.6. The molecule has 0 bridgehead atoms. The molecule has 1 aliphatic rings. The molecule has 2 heterocycles. The van der Waals surface area contributed by atoms with Gasteiger partial charge in [-0.2, -0.15) is 0 Å². The second-order valence-corrected chi connectivity index (χ2v) is 7.83. The number of amides is 1. The molecule has 4 heteroatoms. The van der Waals surface area contributed by atoms with Crippen LogP contribution in [0.1, 0.15) is 36.4 Å². The summed E-state index contributed by atoms with van der Waals surface area (Å²) in [6, 6.07) is 21.1. The standard InChI is InChI=1S/C24H29N3O/c28-24(25-14-6-10-19-8-2-1-3-9-19)18-27-15-7-12-21(17-27)23-16-20-11-4-5-13-22(20)26-23/h1-5,8-9,11,13,16,21,26H,6-7,10,12,14-15,17-18H2,(H,25,28)/t21-/m1/s1. The molecule has 1 aromatic heterocycles. The molecule has 146 valence electrons. The van der Waals surface area contributed by atoms with Gasteiger partial charge in [0.05, 0.1) is 6.54 Å². The van der Waals surface area contributed by atoms with E-state index in [1.54, 1.807) is 0 Å². The molecule has 0 unspecified atom stereocenters. The number of aryl methyl sites for hydroxylation is 1. The molecule has 1 aliphatic heterocycles. The maximum Gasteiger partial charge on any atom is 0.234 e. The van der Waals surface area contributed by atoms with Crippen molar-refractivity contribution in [1.82, 2.24) is 15.2 Å². The Morgan fingerprint density at radius 1 is 1.11 bits per heavy atom. The summed E-state index contributed by atoms with van der Waals surface area (Å²) in [5, 5.41) is 4.36. The molecule has 1 atom stereocenters. The zero-order valence-electron chi connectivity index (χ0n) is 16.4. The number of aromatic nitrogens is 1. The summed E-state index contributed by atoms with van der Waals surface area (Å²) in [7, 11) is 0. The van der Waals surface area contributed by atoms with Crippen LogP contribution in [0.25, 0.3) is 10.9 Å². The van der Waals surface area contributed by atoms with Crippen molar-refractivity contribution in [2.75, 3.05) is 26.2 Å². The predicted octanol–water partition coefficient (Wildman–Crippen LogP) is 4.10. The number of hydrogen-bond acceptors (Lipinski definition) is 2. The van der Waals surface area contributed by atoms with Gasteiger partial charge in [0, 0.05) is 30.2 Å². The summed E-state index contributed by atoms with van der Waals surface area (Å²) in [5.41, 5.74) is 3.83. The highest BCUT2D eigenvalue weighted by atomic mass is 16.2. The van der Waals surface area contributed by atoms with Crippen LogP contribution in [0.15, 0.2) is 60.7 Å². The second kappa shape index (κ2) is 9.07. The highest BCUT2D eigenvalue weighted by Crippen LogP contribution is 2.28. The number of piperidine rings is 1. The Kier molecular flexibility index (Phi) is 6.07. The van der Waals surface area contributed by atoms with Gasteiger partial charge in [-0.3, -0.25) is 9.69 Å². The van der Waals surface area contributed by atoms with Crippen molar-refractivity contribution in [3.05, 3.63) is 71.9 Å². The average molecular weight is 376 g/mol. The summed E-state index contributed by atoms with van der Waals surface area (Å²) in [4.78, 5) is 18.2. The van der Waals surface area contributed by atoms with E-state index in [0.29, 0.717) is 12.5 Å². The number of para-hydroxylation sites is 1. The number of H-pyrrole nitrogens is 1. The van der Waals surface area contributed by atoms with Crippen molar-refractivity contribution >= 4 is 16.8 Å². The van der Waals surface area contributed by atoms with Gasteiger partial charge < -0.3 is 10.3 Å². The number of nitrogens with one attached hydrogen (secondary N) is 2. The molecule has 28 heavy (non-hydrogen) atoms. The maximum atomic E-state index is 12.3. The summed E-state index contributed by atoms with van der Waals surface area (Å²) in [6.07, 6.45) is 4.31. The third kappa shape index (κ3) is 4.82. The van der Waals surface area contributed by atoms with Crippen LogP contribution in [-0.4, -0.2) is 42.0 Å². The number of nitrogens with zero attached hydrogens (tertiary/aromatic N) is 1. The van der Waals surface area contributed by atoms with Crippen molar-refractivity contribution in [2.45, 2.75) is 31.6 Å². The van der Waals surface area contributed by atoms with E-state index in [9.17, 15) is 4.79 Å². The largest absolute Gasteiger partial charge is 0.358 e. The minimum absolute atomic E-state index is 0.144. The lowest BCUT2D eigenvalue weighted by Crippen LogP contribution is -2.42. The molecule has 0 spiro atoms. The van der Waals surface area contributed by atoms with E-state index >= 15 is 0 Å². The Balaban J connectivity index is 1.23. The van der Waals surface area contributed by atoms with Crippen LogP contribution >= 0.6 is 0 Å². The van der Waals surface area contributed by atoms with Gasteiger partial charge >= 0.3 is 0 Å². The zero-order chi connectivity index (χ0) is 19.2. The van der Waals surface area contributed by atoms with Gasteiger partial charge in [0.25, 0.3) is 0 Å². The van der Waals surface area contributed by atoms with E-state index in [1.807, 2.05) is 6.07 Å². The van der Waals surface area contributed by atoms with Crippen LogP contribution in [0.4, 0.5) is 0 Å². The fourth-order valence-electron chi connectivity index (χ4n) is 4.19. The molecule has 0 radical (unpaired) electrons. The molecule has 1 saturated heterocycles. The first-order valence-electron chi connectivity index (χ1n) is 10.4. The highest BCUT2D eigenvalue weighted by Gasteiger charge is 2.23. The van der Waals surface area contributed by atoms with Gasteiger partial charge in [-0.15, -0.1) is 0 Å². The molecule has 4 rings (SSSR count). The van der Waals surface area contributed by atoms with Crippen molar-refractivity contribution < 1.29 is 4.79 Å². The first-order chi connectivity index (χ1) is 13.8. The number of rotatable bonds is 7. The minimum atomic E-state index is 0.144. The minimum Gasteiger partial charge on any atom is -0.358 e. The van der Waals surface area contributed by atoms with E-state index in [2.05, 4.69) is 69.8 Å². The lowest BCUT2D eigenvalue weighted by Gasteiger charge is -2.31. The fraction of sp³-hybridized carbons (Fsp3) is 0.375. The van der Waals surface area contributed by atoms with E-state index in [-0.39, 0.29) is 5.91 Å². The van der Waals surface area contributed by atoms with Crippen LogP contribution < -0.4 is 5.32 Å². The van der Waals surface area contributed by atoms with Crippen LogP contribution in [-0.2, 0) is 11.2 Å². The Hall–Kier alpha value is -2.59. The topological polar surface area (TPSA) is 48.1 Å². The van der Waals surface area contributed by atoms with Crippen molar-refractivity contribution in [3.8, 4) is 0 Å². The molecule has 0 aliphatic carbocycles. The molecule has 4 nitrogen and oxygen atoms in total. The van der Waals surface area contributed by atoms with Crippen molar-refractivity contribution in [3.63, 3.8) is 0 Å². The molecular weight excluding hydrogens is 346 g/mol. The van der Waals surface area contributed by atoms with E-state index in [1.165, 1.54) is 28.6 Å². The molecule has 2 aromatic carbocycles. The molecular formula is C24H29N3O. The number of carbonyl (C=O) groups excluding carboxylic acids is 1. The number of carbonyl (C=O) groups is 1. The van der Waals surface area contributed by atoms with Crippen molar-refractivity contribution in [1.29, 1.82) is 0 Å². The van der Waals surface area contributed by atoms with Gasteiger partial charge in [-0.05, 0) is 55.3 Å². The first kappa shape index (κ1) is 18.8. The Bertz CT molecular complexity index is 869. The molecule has 3 aromatic rings. The molecule has 1 fully saturated rings. The van der Waals surface area contributed by atoms with E-state index in [4.69, 9.17) is 0 Å². The SMILES string of the molecule is O=C(CN1CCC[C@@H](c2cc3ccccc3[nH]2)C1)NCCCc1ccccc1. The Morgan fingerprint density at radius 3 is 2.79 bits per heavy atom. The lowest BCUT2D eigenvalue weighted by atomic mass is 9.95.